The van der Waals surface area contributed by atoms with Gasteiger partial charge >= 0.3 is 5.97 Å². The highest BCUT2D eigenvalue weighted by atomic mass is 16.4. The molecule has 25 heavy (non-hydrogen) atoms. The van der Waals surface area contributed by atoms with Crippen LogP contribution in [0, 0.1) is 18.8 Å². The zero-order valence-electron chi connectivity index (χ0n) is 14.9. The summed E-state index contributed by atoms with van der Waals surface area (Å²) in [5.74, 6) is -1.84. The van der Waals surface area contributed by atoms with Crippen molar-refractivity contribution in [2.45, 2.75) is 52.1 Å². The quantitative estimate of drug-likeness (QED) is 0.735. The van der Waals surface area contributed by atoms with E-state index >= 15 is 0 Å². The van der Waals surface area contributed by atoms with Crippen molar-refractivity contribution in [2.75, 3.05) is 0 Å². The first kappa shape index (κ1) is 19.0. The number of rotatable bonds is 6. The van der Waals surface area contributed by atoms with E-state index in [2.05, 4.69) is 10.6 Å². The van der Waals surface area contributed by atoms with Crippen LogP contribution >= 0.6 is 0 Å². The van der Waals surface area contributed by atoms with Gasteiger partial charge in [-0.25, -0.2) is 0 Å². The third kappa shape index (κ3) is 5.05. The van der Waals surface area contributed by atoms with Crippen molar-refractivity contribution < 1.29 is 19.5 Å². The van der Waals surface area contributed by atoms with Gasteiger partial charge in [0.2, 0.25) is 5.91 Å². The maximum atomic E-state index is 12.6. The fourth-order valence-corrected chi connectivity index (χ4v) is 3.09. The molecule has 1 aromatic rings. The van der Waals surface area contributed by atoms with Gasteiger partial charge in [0.1, 0.15) is 6.04 Å². The fraction of sp³-hybridized carbons (Fsp3) is 0.526. The Balaban J connectivity index is 1.97. The predicted molar refractivity (Wildman–Crippen MR) is 94.2 cm³/mol. The van der Waals surface area contributed by atoms with Crippen molar-refractivity contribution >= 4 is 17.8 Å². The Morgan fingerprint density at radius 2 is 1.76 bits per heavy atom. The summed E-state index contributed by atoms with van der Waals surface area (Å²) in [5.41, 5.74) is 1.57. The average molecular weight is 346 g/mol. The average Bonchev–Trinajstić information content (AvgIpc) is 3.01. The summed E-state index contributed by atoms with van der Waals surface area (Å²) in [4.78, 5) is 36.0. The van der Waals surface area contributed by atoms with Gasteiger partial charge in [-0.15, -0.1) is 0 Å². The number of benzene rings is 1. The summed E-state index contributed by atoms with van der Waals surface area (Å²) in [5, 5.41) is 14.7. The van der Waals surface area contributed by atoms with E-state index in [9.17, 15) is 14.4 Å². The van der Waals surface area contributed by atoms with E-state index in [0.29, 0.717) is 24.8 Å². The lowest BCUT2D eigenvalue weighted by molar-refractivity contribution is -0.141. The molecule has 1 aromatic carbocycles. The minimum absolute atomic E-state index is 0.0777. The van der Waals surface area contributed by atoms with Crippen molar-refractivity contribution in [1.82, 2.24) is 10.6 Å². The first-order chi connectivity index (χ1) is 11.8. The van der Waals surface area contributed by atoms with Crippen LogP contribution in [0.15, 0.2) is 24.3 Å². The number of carboxylic acids is 1. The summed E-state index contributed by atoms with van der Waals surface area (Å²) in [6.07, 6.45) is 1.67. The van der Waals surface area contributed by atoms with E-state index in [-0.39, 0.29) is 23.8 Å². The molecule has 3 N–H and O–H groups in total. The summed E-state index contributed by atoms with van der Waals surface area (Å²) < 4.78 is 0. The van der Waals surface area contributed by atoms with Crippen molar-refractivity contribution in [2.24, 2.45) is 11.8 Å². The van der Waals surface area contributed by atoms with Crippen LogP contribution in [0.4, 0.5) is 0 Å². The van der Waals surface area contributed by atoms with Gasteiger partial charge in [-0.3, -0.25) is 14.4 Å². The second-order valence-electron chi connectivity index (χ2n) is 7.11. The van der Waals surface area contributed by atoms with Gasteiger partial charge in [0, 0.05) is 11.6 Å². The topological polar surface area (TPSA) is 95.5 Å². The van der Waals surface area contributed by atoms with Crippen LogP contribution in [0.25, 0.3) is 0 Å². The normalized spacial score (nSPS) is 21.0. The maximum Gasteiger partial charge on any atom is 0.306 e. The van der Waals surface area contributed by atoms with Gasteiger partial charge in [-0.2, -0.15) is 0 Å². The Morgan fingerprint density at radius 1 is 1.12 bits per heavy atom. The second-order valence-corrected chi connectivity index (χ2v) is 7.11. The van der Waals surface area contributed by atoms with E-state index in [4.69, 9.17) is 5.11 Å². The molecular weight excluding hydrogens is 320 g/mol. The Labute approximate surface area is 148 Å². The highest BCUT2D eigenvalue weighted by Gasteiger charge is 2.33. The number of hydrogen-bond donors (Lipinski definition) is 3. The van der Waals surface area contributed by atoms with Crippen molar-refractivity contribution in [3.63, 3.8) is 0 Å². The lowest BCUT2D eigenvalue weighted by Gasteiger charge is -2.24. The van der Waals surface area contributed by atoms with Crippen molar-refractivity contribution in [3.8, 4) is 0 Å². The Bertz CT molecular complexity index is 639. The Kier molecular flexibility index (Phi) is 6.17. The standard InChI is InChI=1S/C19H26N2O4/c1-11(2)16(21-17(22)13-6-4-12(3)5-7-13)18(23)20-15-9-8-14(10-15)19(24)25/h4-7,11,14-16H,8-10H2,1-3H3,(H,20,23)(H,21,22)(H,24,25)/t14-,15+,16?/m0/s1. The van der Waals surface area contributed by atoms with Crippen LogP contribution in [-0.2, 0) is 9.59 Å². The van der Waals surface area contributed by atoms with E-state index in [1.165, 1.54) is 0 Å². The number of hydrogen-bond acceptors (Lipinski definition) is 3. The van der Waals surface area contributed by atoms with E-state index in [1.54, 1.807) is 12.1 Å². The molecule has 1 aliphatic rings. The van der Waals surface area contributed by atoms with Gasteiger partial charge in [0.15, 0.2) is 0 Å². The zero-order valence-corrected chi connectivity index (χ0v) is 14.9. The molecule has 2 rings (SSSR count). The molecule has 2 amide bonds. The van der Waals surface area contributed by atoms with Crippen molar-refractivity contribution in [3.05, 3.63) is 35.4 Å². The van der Waals surface area contributed by atoms with Crippen LogP contribution in [-0.4, -0.2) is 35.0 Å². The van der Waals surface area contributed by atoms with Crippen LogP contribution in [0.1, 0.15) is 49.0 Å². The summed E-state index contributed by atoms with van der Waals surface area (Å²) in [7, 11) is 0. The molecule has 1 unspecified atom stereocenters. The summed E-state index contributed by atoms with van der Waals surface area (Å²) >= 11 is 0. The molecule has 1 saturated carbocycles. The lowest BCUT2D eigenvalue weighted by atomic mass is 10.0. The highest BCUT2D eigenvalue weighted by molar-refractivity contribution is 5.97. The van der Waals surface area contributed by atoms with Crippen LogP contribution in [0.3, 0.4) is 0 Å². The molecule has 0 radical (unpaired) electrons. The first-order valence-electron chi connectivity index (χ1n) is 8.68. The number of carbonyl (C=O) groups excluding carboxylic acids is 2. The van der Waals surface area contributed by atoms with E-state index < -0.39 is 17.9 Å². The highest BCUT2D eigenvalue weighted by Crippen LogP contribution is 2.25. The van der Waals surface area contributed by atoms with Gasteiger partial charge in [0.25, 0.3) is 5.91 Å². The van der Waals surface area contributed by atoms with E-state index in [0.717, 1.165) is 5.56 Å². The Morgan fingerprint density at radius 3 is 2.28 bits per heavy atom. The molecule has 136 valence electrons. The minimum atomic E-state index is -0.815. The first-order valence-corrected chi connectivity index (χ1v) is 8.68. The number of carbonyl (C=O) groups is 3. The molecule has 6 nitrogen and oxygen atoms in total. The lowest BCUT2D eigenvalue weighted by Crippen LogP contribution is -2.51. The SMILES string of the molecule is Cc1ccc(C(=O)NC(C(=O)N[C@@H]2CC[C@H](C(=O)O)C2)C(C)C)cc1. The molecule has 0 aromatic heterocycles. The number of aryl methyl sites for hydroxylation is 1. The molecule has 1 fully saturated rings. The van der Waals surface area contributed by atoms with Crippen LogP contribution in [0.2, 0.25) is 0 Å². The van der Waals surface area contributed by atoms with E-state index in [1.807, 2.05) is 32.9 Å². The van der Waals surface area contributed by atoms with Gasteiger partial charge < -0.3 is 15.7 Å². The largest absolute Gasteiger partial charge is 0.481 e. The van der Waals surface area contributed by atoms with Crippen LogP contribution in [0.5, 0.6) is 0 Å². The molecule has 0 spiro atoms. The van der Waals surface area contributed by atoms with Gasteiger partial charge in [-0.1, -0.05) is 31.5 Å². The number of carboxylic acid groups (broad SMARTS) is 1. The molecule has 0 heterocycles. The van der Waals surface area contributed by atoms with Crippen LogP contribution < -0.4 is 10.6 Å². The van der Waals surface area contributed by atoms with Gasteiger partial charge in [0.05, 0.1) is 5.92 Å². The minimum Gasteiger partial charge on any atom is -0.481 e. The number of aliphatic carboxylic acids is 1. The Hall–Kier alpha value is -2.37. The molecule has 3 atom stereocenters. The number of nitrogens with one attached hydrogen (secondary N) is 2. The molecule has 0 bridgehead atoms. The number of amides is 2. The fourth-order valence-electron chi connectivity index (χ4n) is 3.09. The van der Waals surface area contributed by atoms with Crippen molar-refractivity contribution in [1.29, 1.82) is 0 Å². The molecular formula is C19H26N2O4. The zero-order chi connectivity index (χ0) is 18.6. The summed E-state index contributed by atoms with van der Waals surface area (Å²) in [6.45, 7) is 5.68. The van der Waals surface area contributed by atoms with Gasteiger partial charge in [-0.05, 0) is 44.2 Å². The molecule has 0 aliphatic heterocycles. The smallest absolute Gasteiger partial charge is 0.306 e. The molecule has 6 heteroatoms. The maximum absolute atomic E-state index is 12.6. The third-order valence-corrected chi connectivity index (χ3v) is 4.68. The predicted octanol–water partition coefficient (Wildman–Crippen LogP) is 2.12. The molecule has 1 aliphatic carbocycles. The summed E-state index contributed by atoms with van der Waals surface area (Å²) in [6, 6.07) is 6.36. The monoisotopic (exact) mass is 346 g/mol. The second kappa shape index (κ2) is 8.14. The third-order valence-electron chi connectivity index (χ3n) is 4.68. The molecule has 0 saturated heterocycles.